The van der Waals surface area contributed by atoms with Crippen molar-refractivity contribution in [2.45, 2.75) is 42.2 Å². The molecule has 0 aromatic heterocycles. The van der Waals surface area contributed by atoms with Crippen molar-refractivity contribution in [3.8, 4) is 0 Å². The maximum absolute atomic E-state index is 2.82. The van der Waals surface area contributed by atoms with Crippen LogP contribution in [0.3, 0.4) is 0 Å². The predicted molar refractivity (Wildman–Crippen MR) is 79.7 cm³/mol. The van der Waals surface area contributed by atoms with Crippen LogP contribution in [0.25, 0.3) is 0 Å². The summed E-state index contributed by atoms with van der Waals surface area (Å²) in [7, 11) is 0. The topological polar surface area (TPSA) is 9.72 Å². The lowest BCUT2D eigenvalue weighted by atomic mass is 9.89. The lowest BCUT2D eigenvalue weighted by molar-refractivity contribution is -0.967. The van der Waals surface area contributed by atoms with E-state index in [1.54, 1.807) is 0 Å². The molecular weight excluding hydrogens is 339 g/mol. The number of hydrogen-bond acceptors (Lipinski definition) is 3. The molecule has 5 fully saturated rings. The Kier molecular flexibility index (Phi) is 2.76. The molecule has 1 aliphatic carbocycles. The lowest BCUT2D eigenvalue weighted by Crippen LogP contribution is -2.71. The number of nitrogens with zero attached hydrogens (tertiary/aromatic N) is 4. The maximum atomic E-state index is 2.82. The first-order valence-electron chi connectivity index (χ1n) is 7.41. The van der Waals surface area contributed by atoms with Crippen LogP contribution in [0.15, 0.2) is 0 Å². The van der Waals surface area contributed by atoms with Crippen molar-refractivity contribution in [1.29, 1.82) is 0 Å². The van der Waals surface area contributed by atoms with Crippen molar-refractivity contribution in [1.82, 2.24) is 14.7 Å². The van der Waals surface area contributed by atoms with Gasteiger partial charge >= 0.3 is 0 Å². The van der Waals surface area contributed by atoms with E-state index in [0.717, 1.165) is 6.04 Å². The van der Waals surface area contributed by atoms with E-state index in [0.29, 0.717) is 3.55 Å². The van der Waals surface area contributed by atoms with E-state index in [1.165, 1.54) is 70.1 Å². The molecular formula is C13H24IN4+. The molecule has 5 heteroatoms. The van der Waals surface area contributed by atoms with Gasteiger partial charge in [-0.1, -0.05) is 35.4 Å². The predicted octanol–water partition coefficient (Wildman–Crippen LogP) is 1.63. The summed E-state index contributed by atoms with van der Waals surface area (Å²) in [6.45, 7) is 9.93. The van der Waals surface area contributed by atoms with E-state index in [-0.39, 0.29) is 0 Å². The van der Waals surface area contributed by atoms with Crippen molar-refractivity contribution in [2.75, 3.05) is 39.9 Å². The Morgan fingerprint density at radius 3 is 2.94 bits per heavy atom. The van der Waals surface area contributed by atoms with E-state index < -0.39 is 0 Å². The smallest absolute Gasteiger partial charge is 0.139 e. The quantitative estimate of drug-likeness (QED) is 0.304. The van der Waals surface area contributed by atoms with Crippen LogP contribution in [-0.2, 0) is 0 Å². The molecule has 4 aliphatic heterocycles. The SMILES string of the molecule is CC[N+]12CN3CN(C1)[C@H]1CCCC[C@@]1(I)N(C3)C2. The zero-order chi connectivity index (χ0) is 12.4. The highest BCUT2D eigenvalue weighted by atomic mass is 127. The average Bonchev–Trinajstić information content (AvgIpc) is 2.49. The highest BCUT2D eigenvalue weighted by Crippen LogP contribution is 2.48. The van der Waals surface area contributed by atoms with Crippen LogP contribution in [0.5, 0.6) is 0 Å². The molecule has 102 valence electrons. The summed E-state index contributed by atoms with van der Waals surface area (Å²) >= 11 is 2.81. The molecule has 5 aliphatic rings. The van der Waals surface area contributed by atoms with Crippen LogP contribution >= 0.6 is 22.6 Å². The summed E-state index contributed by atoms with van der Waals surface area (Å²) in [6.07, 6.45) is 5.67. The van der Waals surface area contributed by atoms with Gasteiger partial charge in [0.1, 0.15) is 20.0 Å². The van der Waals surface area contributed by atoms with E-state index in [2.05, 4.69) is 44.2 Å². The van der Waals surface area contributed by atoms with E-state index in [9.17, 15) is 0 Å². The van der Waals surface area contributed by atoms with Gasteiger partial charge in [-0.15, -0.1) is 0 Å². The summed E-state index contributed by atoms with van der Waals surface area (Å²) in [5.74, 6) is 0. The van der Waals surface area contributed by atoms with Gasteiger partial charge in [0, 0.05) is 6.04 Å². The monoisotopic (exact) mass is 363 g/mol. The van der Waals surface area contributed by atoms with Crippen molar-refractivity contribution in [3.05, 3.63) is 0 Å². The van der Waals surface area contributed by atoms with E-state index >= 15 is 0 Å². The maximum Gasteiger partial charge on any atom is 0.139 e. The standard InChI is InChI=1S/C13H24IN4/c1-2-18-9-15-7-16(10-18)12-5-3-4-6-13(12,14)17(8-15)11-18/h12H,2-11H2,1H3/q+1/t12-,13+,18?/m0/s1. The van der Waals surface area contributed by atoms with Gasteiger partial charge in [-0.25, -0.2) is 14.7 Å². The molecule has 0 spiro atoms. The minimum absolute atomic E-state index is 0.417. The second-order valence-electron chi connectivity index (χ2n) is 6.74. The van der Waals surface area contributed by atoms with Gasteiger partial charge < -0.3 is 0 Å². The van der Waals surface area contributed by atoms with Crippen LogP contribution in [0.1, 0.15) is 32.6 Å². The molecule has 4 nitrogen and oxygen atoms in total. The third-order valence-corrected chi connectivity index (χ3v) is 7.55. The number of halogens is 1. The minimum atomic E-state index is 0.417. The third-order valence-electron chi connectivity index (χ3n) is 5.61. The molecule has 4 heterocycles. The van der Waals surface area contributed by atoms with Crippen molar-refractivity contribution in [2.24, 2.45) is 0 Å². The van der Waals surface area contributed by atoms with Crippen LogP contribution in [0, 0.1) is 0 Å². The summed E-state index contributed by atoms with van der Waals surface area (Å²) in [5, 5.41) is 0. The molecule has 6 atom stereocenters. The second-order valence-corrected chi connectivity index (χ2v) is 8.61. The Balaban J connectivity index is 1.77. The Bertz CT molecular complexity index is 365. The summed E-state index contributed by atoms with van der Waals surface area (Å²) in [5.41, 5.74) is 0. The van der Waals surface area contributed by atoms with Crippen LogP contribution < -0.4 is 0 Å². The zero-order valence-electron chi connectivity index (χ0n) is 11.3. The summed E-state index contributed by atoms with van der Waals surface area (Å²) < 4.78 is 1.70. The number of quaternary nitrogens is 1. The average molecular weight is 363 g/mol. The fourth-order valence-electron chi connectivity index (χ4n) is 4.69. The molecule has 0 aromatic carbocycles. The van der Waals surface area contributed by atoms with Crippen molar-refractivity contribution in [3.63, 3.8) is 0 Å². The normalized spacial score (nSPS) is 58.3. The van der Waals surface area contributed by atoms with Gasteiger partial charge in [-0.3, -0.25) is 4.48 Å². The van der Waals surface area contributed by atoms with Crippen LogP contribution in [0.4, 0.5) is 0 Å². The van der Waals surface area contributed by atoms with Gasteiger partial charge in [-0.05, 0) is 19.8 Å². The molecule has 18 heavy (non-hydrogen) atoms. The second kappa shape index (κ2) is 4.04. The Labute approximate surface area is 124 Å². The molecule has 4 saturated heterocycles. The van der Waals surface area contributed by atoms with Crippen molar-refractivity contribution >= 4 is 22.6 Å². The van der Waals surface area contributed by atoms with Crippen molar-refractivity contribution < 1.29 is 4.48 Å². The highest BCUT2D eigenvalue weighted by molar-refractivity contribution is 14.1. The molecule has 0 aromatic rings. The van der Waals surface area contributed by atoms with Gasteiger partial charge in [0.05, 0.1) is 23.4 Å². The Morgan fingerprint density at radius 2 is 2.11 bits per heavy atom. The first-order valence-corrected chi connectivity index (χ1v) is 8.49. The van der Waals surface area contributed by atoms with Gasteiger partial charge in [0.25, 0.3) is 0 Å². The van der Waals surface area contributed by atoms with E-state index in [4.69, 9.17) is 0 Å². The van der Waals surface area contributed by atoms with Crippen LogP contribution in [-0.4, -0.2) is 68.7 Å². The molecule has 4 bridgehead atoms. The molecule has 0 radical (unpaired) electrons. The Hall–Kier alpha value is 0.570. The molecule has 1 saturated carbocycles. The highest BCUT2D eigenvalue weighted by Gasteiger charge is 2.58. The summed E-state index contributed by atoms with van der Waals surface area (Å²) in [6, 6.07) is 0.795. The van der Waals surface area contributed by atoms with Gasteiger partial charge in [0.15, 0.2) is 0 Å². The minimum Gasteiger partial charge on any atom is -0.286 e. The third kappa shape index (κ3) is 1.57. The first kappa shape index (κ1) is 12.3. The first-order chi connectivity index (χ1) is 8.65. The fourth-order valence-corrected chi connectivity index (χ4v) is 6.08. The zero-order valence-corrected chi connectivity index (χ0v) is 13.5. The van der Waals surface area contributed by atoms with Gasteiger partial charge in [0.2, 0.25) is 0 Å². The molecule has 0 amide bonds. The molecule has 4 unspecified atom stereocenters. The lowest BCUT2D eigenvalue weighted by Gasteiger charge is -2.53. The van der Waals surface area contributed by atoms with Gasteiger partial charge in [-0.2, -0.15) is 0 Å². The number of rotatable bonds is 1. The largest absolute Gasteiger partial charge is 0.286 e. The Morgan fingerprint density at radius 1 is 1.22 bits per heavy atom. The molecule has 5 rings (SSSR count). The number of hydrogen-bond donors (Lipinski definition) is 0. The van der Waals surface area contributed by atoms with E-state index in [1.807, 2.05) is 0 Å². The number of alkyl halides is 1. The van der Waals surface area contributed by atoms with Crippen LogP contribution in [0.2, 0.25) is 0 Å². The fraction of sp³-hybridized carbons (Fsp3) is 1.00. The summed E-state index contributed by atoms with van der Waals surface area (Å²) in [4.78, 5) is 8.30. The molecule has 0 N–H and O–H groups in total.